The minimum Gasteiger partial charge on any atom is -0.497 e. The second-order valence-corrected chi connectivity index (χ2v) is 12.8. The van der Waals surface area contributed by atoms with Gasteiger partial charge in [0.15, 0.2) is 11.6 Å². The highest BCUT2D eigenvalue weighted by atomic mass is 16.5. The van der Waals surface area contributed by atoms with Crippen LogP contribution in [0.15, 0.2) is 103 Å². The van der Waals surface area contributed by atoms with Crippen molar-refractivity contribution in [3.05, 3.63) is 131 Å². The van der Waals surface area contributed by atoms with Gasteiger partial charge in [0.25, 0.3) is 0 Å². The Labute approximate surface area is 263 Å². The highest BCUT2D eigenvalue weighted by Gasteiger charge is 2.70. The van der Waals surface area contributed by atoms with Crippen LogP contribution in [0.1, 0.15) is 58.2 Å². The van der Waals surface area contributed by atoms with E-state index in [1.807, 2.05) is 84.6 Å². The molecular formula is C39H36N2O4. The summed E-state index contributed by atoms with van der Waals surface area (Å²) in [6, 6.07) is 28.7. The SMILES string of the molecule is COc1ccc(C(=O)[C@@H]2[C@@H](C(=O)c3ccc(CC(C)C)cc3)[C@@]3(C(=O)Nc4ccccc43)[C@@H]3C=C(C)c4ccccc4N23)cc1. The van der Waals surface area contributed by atoms with Crippen LogP contribution in [-0.4, -0.2) is 36.7 Å². The molecule has 4 aromatic carbocycles. The number of hydrogen-bond acceptors (Lipinski definition) is 5. The molecule has 0 bridgehead atoms. The Morgan fingerprint density at radius 1 is 0.867 bits per heavy atom. The van der Waals surface area contributed by atoms with Crippen LogP contribution >= 0.6 is 0 Å². The zero-order valence-corrected chi connectivity index (χ0v) is 25.9. The van der Waals surface area contributed by atoms with Gasteiger partial charge in [-0.25, -0.2) is 0 Å². The number of para-hydroxylation sites is 2. The number of nitrogens with zero attached hydrogens (tertiary/aromatic N) is 1. The van der Waals surface area contributed by atoms with Crippen LogP contribution in [0.2, 0.25) is 0 Å². The van der Waals surface area contributed by atoms with Gasteiger partial charge in [0.1, 0.15) is 17.2 Å². The molecule has 0 saturated carbocycles. The average Bonchev–Trinajstić information content (AvgIpc) is 3.52. The lowest BCUT2D eigenvalue weighted by Crippen LogP contribution is -2.51. The third kappa shape index (κ3) is 4.34. The van der Waals surface area contributed by atoms with Gasteiger partial charge in [0, 0.05) is 28.1 Å². The average molecular weight is 597 g/mol. The van der Waals surface area contributed by atoms with Gasteiger partial charge < -0.3 is 15.0 Å². The first-order valence-corrected chi connectivity index (χ1v) is 15.5. The summed E-state index contributed by atoms with van der Waals surface area (Å²) < 4.78 is 5.36. The molecule has 1 fully saturated rings. The standard InChI is InChI=1S/C39H36N2O4/c1-23(2)21-25-13-15-26(16-14-25)36(42)34-35(37(43)27-17-19-28(45-4)20-18-27)41-32-12-8-5-9-29(32)24(3)22-33(41)39(34)30-10-6-7-11-31(30)40-38(39)44/h5-20,22-23,33-35H,21H2,1-4H3,(H,40,44)/t33-,34-,35-,39-/m0/s1. The van der Waals surface area contributed by atoms with Crippen molar-refractivity contribution in [1.29, 1.82) is 0 Å². The maximum Gasteiger partial charge on any atom is 0.238 e. The molecule has 4 atom stereocenters. The van der Waals surface area contributed by atoms with Gasteiger partial charge in [0.2, 0.25) is 5.91 Å². The van der Waals surface area contributed by atoms with Gasteiger partial charge in [-0.15, -0.1) is 0 Å². The number of carbonyl (C=O) groups excluding carboxylic acids is 3. The van der Waals surface area contributed by atoms with Crippen molar-refractivity contribution in [3.8, 4) is 5.75 Å². The number of methoxy groups -OCH3 is 1. The molecule has 1 amide bonds. The van der Waals surface area contributed by atoms with Crippen molar-refractivity contribution < 1.29 is 19.1 Å². The lowest BCUT2D eigenvalue weighted by molar-refractivity contribution is -0.121. The predicted molar refractivity (Wildman–Crippen MR) is 177 cm³/mol. The largest absolute Gasteiger partial charge is 0.497 e. The fourth-order valence-corrected chi connectivity index (χ4v) is 7.77. The first-order valence-electron chi connectivity index (χ1n) is 15.5. The van der Waals surface area contributed by atoms with Gasteiger partial charge in [-0.05, 0) is 72.4 Å². The number of ether oxygens (including phenoxy) is 1. The second kappa shape index (κ2) is 10.9. The van der Waals surface area contributed by atoms with Gasteiger partial charge >= 0.3 is 0 Å². The lowest BCUT2D eigenvalue weighted by Gasteiger charge is -2.39. The Hall–Kier alpha value is -4.97. The first kappa shape index (κ1) is 28.8. The number of ketones is 2. The molecule has 4 aromatic rings. The number of benzene rings is 4. The fourth-order valence-electron chi connectivity index (χ4n) is 7.77. The van der Waals surface area contributed by atoms with Gasteiger partial charge in [-0.1, -0.05) is 80.6 Å². The van der Waals surface area contributed by atoms with E-state index in [0.29, 0.717) is 28.5 Å². The summed E-state index contributed by atoms with van der Waals surface area (Å²) in [6.45, 7) is 6.36. The topological polar surface area (TPSA) is 75.7 Å². The Morgan fingerprint density at radius 3 is 2.22 bits per heavy atom. The molecule has 226 valence electrons. The fraction of sp³-hybridized carbons (Fsp3) is 0.256. The molecular weight excluding hydrogens is 560 g/mol. The molecule has 45 heavy (non-hydrogen) atoms. The van der Waals surface area contributed by atoms with Crippen LogP contribution in [0.4, 0.5) is 11.4 Å². The van der Waals surface area contributed by atoms with Crippen LogP contribution < -0.4 is 15.0 Å². The number of Topliss-reactive ketones (excluding diaryl/α,β-unsaturated/α-hetero) is 2. The van der Waals surface area contributed by atoms with Crippen molar-refractivity contribution in [1.82, 2.24) is 0 Å². The molecule has 3 aliphatic heterocycles. The Bertz CT molecular complexity index is 1860. The van der Waals surface area contributed by atoms with Gasteiger partial charge in [-0.3, -0.25) is 14.4 Å². The van der Waals surface area contributed by atoms with Crippen molar-refractivity contribution >= 4 is 34.4 Å². The van der Waals surface area contributed by atoms with E-state index in [9.17, 15) is 9.59 Å². The van der Waals surface area contributed by atoms with E-state index in [2.05, 4.69) is 25.2 Å². The summed E-state index contributed by atoms with van der Waals surface area (Å²) in [7, 11) is 1.58. The van der Waals surface area contributed by atoms with E-state index in [4.69, 9.17) is 4.74 Å². The molecule has 0 aromatic heterocycles. The van der Waals surface area contributed by atoms with E-state index < -0.39 is 23.4 Å². The summed E-state index contributed by atoms with van der Waals surface area (Å²) >= 11 is 0. The van der Waals surface area contributed by atoms with Crippen molar-refractivity contribution in [2.24, 2.45) is 11.8 Å². The van der Waals surface area contributed by atoms with Gasteiger partial charge in [0.05, 0.1) is 19.1 Å². The van der Waals surface area contributed by atoms with Crippen LogP contribution in [0.25, 0.3) is 5.57 Å². The van der Waals surface area contributed by atoms with E-state index >= 15 is 4.79 Å². The normalized spacial score (nSPS) is 22.9. The van der Waals surface area contributed by atoms with E-state index in [1.54, 1.807) is 31.4 Å². The number of anilines is 2. The van der Waals surface area contributed by atoms with Crippen molar-refractivity contribution in [2.75, 3.05) is 17.3 Å². The number of fused-ring (bicyclic) bond motifs is 6. The zero-order valence-electron chi connectivity index (χ0n) is 25.9. The summed E-state index contributed by atoms with van der Waals surface area (Å²) in [6.07, 6.45) is 2.98. The van der Waals surface area contributed by atoms with Crippen LogP contribution in [0, 0.1) is 11.8 Å². The van der Waals surface area contributed by atoms with Crippen molar-refractivity contribution in [3.63, 3.8) is 0 Å². The van der Waals surface area contributed by atoms with E-state index in [0.717, 1.165) is 34.4 Å². The predicted octanol–water partition coefficient (Wildman–Crippen LogP) is 7.14. The molecule has 0 unspecified atom stereocenters. The molecule has 3 heterocycles. The highest BCUT2D eigenvalue weighted by molar-refractivity contribution is 6.18. The number of amides is 1. The zero-order chi connectivity index (χ0) is 31.5. The van der Waals surface area contributed by atoms with Crippen molar-refractivity contribution in [2.45, 2.75) is 44.7 Å². The third-order valence-electron chi connectivity index (χ3n) is 9.69. The second-order valence-electron chi connectivity index (χ2n) is 12.8. The molecule has 0 radical (unpaired) electrons. The maximum absolute atomic E-state index is 15.1. The third-order valence-corrected chi connectivity index (χ3v) is 9.69. The number of rotatable bonds is 7. The molecule has 1 spiro atoms. The Balaban J connectivity index is 1.49. The minimum atomic E-state index is -1.34. The number of nitrogens with one attached hydrogen (secondary N) is 1. The molecule has 1 saturated heterocycles. The minimum absolute atomic E-state index is 0.214. The molecule has 3 aliphatic rings. The summed E-state index contributed by atoms with van der Waals surface area (Å²) in [5.74, 6) is -0.598. The number of carbonyl (C=O) groups is 3. The number of allylic oxidation sites excluding steroid dienone is 1. The van der Waals surface area contributed by atoms with Crippen LogP contribution in [0.5, 0.6) is 5.75 Å². The molecule has 0 aliphatic carbocycles. The summed E-state index contributed by atoms with van der Waals surface area (Å²) in [5, 5.41) is 3.11. The van der Waals surface area contributed by atoms with Gasteiger partial charge in [-0.2, -0.15) is 0 Å². The first-order chi connectivity index (χ1) is 21.7. The van der Waals surface area contributed by atoms with E-state index in [-0.39, 0.29) is 17.5 Å². The molecule has 7 rings (SSSR count). The summed E-state index contributed by atoms with van der Waals surface area (Å²) in [4.78, 5) is 46.6. The quantitative estimate of drug-likeness (QED) is 0.230. The molecule has 6 heteroatoms. The lowest BCUT2D eigenvalue weighted by atomic mass is 9.64. The smallest absolute Gasteiger partial charge is 0.238 e. The molecule has 6 nitrogen and oxygen atoms in total. The monoisotopic (exact) mass is 596 g/mol. The van der Waals surface area contributed by atoms with E-state index in [1.165, 1.54) is 0 Å². The highest BCUT2D eigenvalue weighted by Crippen LogP contribution is 2.58. The number of hydrogen-bond donors (Lipinski definition) is 1. The Kier molecular flexibility index (Phi) is 6.96. The van der Waals surface area contributed by atoms with Crippen LogP contribution in [0.3, 0.4) is 0 Å². The maximum atomic E-state index is 15.1. The summed E-state index contributed by atoms with van der Waals surface area (Å²) in [5.41, 5.74) is 4.99. The Morgan fingerprint density at radius 2 is 1.51 bits per heavy atom. The van der Waals surface area contributed by atoms with Crippen LogP contribution in [-0.2, 0) is 16.6 Å². The molecule has 1 N–H and O–H groups in total.